The fourth-order valence-electron chi connectivity index (χ4n) is 2.97. The lowest BCUT2D eigenvalue weighted by Crippen LogP contribution is -2.53. The Morgan fingerprint density at radius 2 is 2.12 bits per heavy atom. The molecule has 128 valence electrons. The summed E-state index contributed by atoms with van der Waals surface area (Å²) in [5.74, 6) is -1.30. The van der Waals surface area contributed by atoms with Gasteiger partial charge in [0, 0.05) is 19.4 Å². The summed E-state index contributed by atoms with van der Waals surface area (Å²) in [6.45, 7) is 2.79. The van der Waals surface area contributed by atoms with Crippen LogP contribution in [0.15, 0.2) is 16.8 Å². The molecule has 1 aliphatic rings. The van der Waals surface area contributed by atoms with Crippen LogP contribution in [-0.2, 0) is 16.0 Å². The smallest absolute Gasteiger partial charge is 0.305 e. The van der Waals surface area contributed by atoms with E-state index < -0.39 is 11.5 Å². The zero-order chi connectivity index (χ0) is 17.2. The Kier molecular flexibility index (Phi) is 4.48. The van der Waals surface area contributed by atoms with Crippen molar-refractivity contribution in [3.05, 3.63) is 23.5 Å². The number of carbonyl (C=O) groups is 2. The summed E-state index contributed by atoms with van der Waals surface area (Å²) in [6, 6.07) is 1.68. The summed E-state index contributed by atoms with van der Waals surface area (Å²) >= 11 is 0. The van der Waals surface area contributed by atoms with Gasteiger partial charge in [-0.2, -0.15) is 0 Å². The lowest BCUT2D eigenvalue weighted by molar-refractivity contribution is -0.139. The molecule has 0 saturated carbocycles. The fraction of sp³-hybridized carbons (Fsp3) is 0.500. The maximum Gasteiger partial charge on any atom is 0.305 e. The molecule has 0 spiro atoms. The molecule has 8 nitrogen and oxygen atoms in total. The van der Waals surface area contributed by atoms with E-state index in [1.165, 1.54) is 6.20 Å². The molecular weight excluding hydrogens is 314 g/mol. The standard InChI is InChI=1S/C16H19N3O5/c1-2-12-11-7-10(9-17-15(11)24-19-12)14(22)18-16(8-13(20)21)3-5-23-6-4-16/h7,9H,2-6,8H2,1H3,(H,18,22)(H,20,21). The highest BCUT2D eigenvalue weighted by atomic mass is 16.5. The Bertz CT molecular complexity index is 764. The number of carbonyl (C=O) groups excluding carboxylic acids is 1. The van der Waals surface area contributed by atoms with Gasteiger partial charge in [-0.15, -0.1) is 0 Å². The van der Waals surface area contributed by atoms with Crippen LogP contribution in [0.5, 0.6) is 0 Å². The van der Waals surface area contributed by atoms with Crippen LogP contribution in [-0.4, -0.2) is 45.9 Å². The van der Waals surface area contributed by atoms with E-state index in [0.717, 1.165) is 5.69 Å². The van der Waals surface area contributed by atoms with Gasteiger partial charge in [-0.25, -0.2) is 4.98 Å². The van der Waals surface area contributed by atoms with Gasteiger partial charge in [0.2, 0.25) is 0 Å². The van der Waals surface area contributed by atoms with Crippen molar-refractivity contribution in [1.82, 2.24) is 15.5 Å². The predicted octanol–water partition coefficient (Wildman–Crippen LogP) is 1.54. The van der Waals surface area contributed by atoms with Gasteiger partial charge in [0.15, 0.2) is 0 Å². The molecular formula is C16H19N3O5. The monoisotopic (exact) mass is 333 g/mol. The summed E-state index contributed by atoms with van der Waals surface area (Å²) < 4.78 is 10.4. The van der Waals surface area contributed by atoms with Gasteiger partial charge in [0.05, 0.1) is 28.6 Å². The second kappa shape index (κ2) is 6.56. The normalized spacial score (nSPS) is 16.9. The molecule has 1 aliphatic heterocycles. The Morgan fingerprint density at radius 1 is 1.38 bits per heavy atom. The highest BCUT2D eigenvalue weighted by Gasteiger charge is 2.36. The Hall–Kier alpha value is -2.48. The van der Waals surface area contributed by atoms with Crippen molar-refractivity contribution in [3.8, 4) is 0 Å². The number of carboxylic acids is 1. The number of carboxylic acid groups (broad SMARTS) is 1. The van der Waals surface area contributed by atoms with Crippen molar-refractivity contribution in [1.29, 1.82) is 0 Å². The number of ether oxygens (including phenoxy) is 1. The maximum absolute atomic E-state index is 12.6. The molecule has 0 bridgehead atoms. The number of aliphatic carboxylic acids is 1. The van der Waals surface area contributed by atoms with Crippen LogP contribution < -0.4 is 5.32 Å². The van der Waals surface area contributed by atoms with Crippen LogP contribution in [0.25, 0.3) is 11.1 Å². The van der Waals surface area contributed by atoms with E-state index in [4.69, 9.17) is 9.26 Å². The number of rotatable bonds is 5. The third-order valence-electron chi connectivity index (χ3n) is 4.32. The average Bonchev–Trinajstić information content (AvgIpc) is 2.97. The maximum atomic E-state index is 12.6. The molecule has 1 amide bonds. The van der Waals surface area contributed by atoms with Crippen LogP contribution in [0.1, 0.15) is 42.2 Å². The molecule has 0 aromatic carbocycles. The van der Waals surface area contributed by atoms with Gasteiger partial charge >= 0.3 is 5.97 Å². The Morgan fingerprint density at radius 3 is 2.79 bits per heavy atom. The van der Waals surface area contributed by atoms with E-state index >= 15 is 0 Å². The van der Waals surface area contributed by atoms with E-state index in [9.17, 15) is 14.7 Å². The number of nitrogens with one attached hydrogen (secondary N) is 1. The molecule has 2 N–H and O–H groups in total. The van der Waals surface area contributed by atoms with E-state index in [2.05, 4.69) is 15.5 Å². The van der Waals surface area contributed by atoms with Crippen molar-refractivity contribution in [2.24, 2.45) is 0 Å². The first kappa shape index (κ1) is 16.4. The van der Waals surface area contributed by atoms with Gasteiger partial charge in [0.25, 0.3) is 11.6 Å². The van der Waals surface area contributed by atoms with Gasteiger partial charge in [-0.3, -0.25) is 9.59 Å². The third kappa shape index (κ3) is 3.23. The number of aryl methyl sites for hydroxylation is 1. The summed E-state index contributed by atoms with van der Waals surface area (Å²) in [6.07, 6.45) is 2.88. The van der Waals surface area contributed by atoms with Crippen molar-refractivity contribution in [2.75, 3.05) is 13.2 Å². The first-order valence-electron chi connectivity index (χ1n) is 7.89. The molecule has 0 radical (unpaired) electrons. The highest BCUT2D eigenvalue weighted by molar-refractivity contribution is 5.97. The SMILES string of the molecule is CCc1noc2ncc(C(=O)NC3(CC(=O)O)CCOCC3)cc12. The van der Waals surface area contributed by atoms with Crippen LogP contribution in [0.4, 0.5) is 0 Å². The molecule has 3 rings (SSSR count). The lowest BCUT2D eigenvalue weighted by atomic mass is 9.86. The minimum atomic E-state index is -0.946. The zero-order valence-corrected chi connectivity index (χ0v) is 13.4. The number of pyridine rings is 1. The summed E-state index contributed by atoms with van der Waals surface area (Å²) in [7, 11) is 0. The number of hydrogen-bond acceptors (Lipinski definition) is 6. The van der Waals surface area contributed by atoms with Crippen molar-refractivity contribution >= 4 is 23.0 Å². The van der Waals surface area contributed by atoms with E-state index in [0.29, 0.717) is 49.1 Å². The largest absolute Gasteiger partial charge is 0.481 e. The number of hydrogen-bond donors (Lipinski definition) is 2. The van der Waals surface area contributed by atoms with Gasteiger partial charge < -0.3 is 19.7 Å². The van der Waals surface area contributed by atoms with Crippen LogP contribution in [0, 0.1) is 0 Å². The Labute approximate surface area is 138 Å². The van der Waals surface area contributed by atoms with Gasteiger partial charge in [0.1, 0.15) is 0 Å². The van der Waals surface area contributed by atoms with Gasteiger partial charge in [-0.1, -0.05) is 12.1 Å². The minimum absolute atomic E-state index is 0.134. The van der Waals surface area contributed by atoms with E-state index in [1.54, 1.807) is 6.07 Å². The molecule has 2 aromatic heterocycles. The third-order valence-corrected chi connectivity index (χ3v) is 4.32. The molecule has 0 aliphatic carbocycles. The molecule has 1 saturated heterocycles. The van der Waals surface area contributed by atoms with Crippen molar-refractivity contribution in [2.45, 2.75) is 38.1 Å². The molecule has 0 atom stereocenters. The summed E-state index contributed by atoms with van der Waals surface area (Å²) in [5, 5.41) is 16.7. The Balaban J connectivity index is 1.85. The predicted molar refractivity (Wildman–Crippen MR) is 83.7 cm³/mol. The molecule has 8 heteroatoms. The summed E-state index contributed by atoms with van der Waals surface area (Å²) in [5.41, 5.74) is 0.683. The lowest BCUT2D eigenvalue weighted by Gasteiger charge is -2.36. The minimum Gasteiger partial charge on any atom is -0.481 e. The van der Waals surface area contributed by atoms with Gasteiger partial charge in [-0.05, 0) is 25.3 Å². The zero-order valence-electron chi connectivity index (χ0n) is 13.4. The van der Waals surface area contributed by atoms with E-state index in [1.807, 2.05) is 6.92 Å². The number of amides is 1. The molecule has 24 heavy (non-hydrogen) atoms. The number of fused-ring (bicyclic) bond motifs is 1. The molecule has 3 heterocycles. The number of aromatic nitrogens is 2. The average molecular weight is 333 g/mol. The first-order valence-corrected chi connectivity index (χ1v) is 7.89. The molecule has 0 unspecified atom stereocenters. The summed E-state index contributed by atoms with van der Waals surface area (Å²) in [4.78, 5) is 27.9. The first-order chi connectivity index (χ1) is 11.5. The second-order valence-electron chi connectivity index (χ2n) is 5.98. The quantitative estimate of drug-likeness (QED) is 0.853. The fourth-order valence-corrected chi connectivity index (χ4v) is 2.97. The number of nitrogens with zero attached hydrogens (tertiary/aromatic N) is 2. The van der Waals surface area contributed by atoms with E-state index in [-0.39, 0.29) is 12.3 Å². The second-order valence-corrected chi connectivity index (χ2v) is 5.98. The van der Waals surface area contributed by atoms with Crippen molar-refractivity contribution < 1.29 is 24.0 Å². The molecule has 2 aromatic rings. The van der Waals surface area contributed by atoms with Crippen LogP contribution in [0.2, 0.25) is 0 Å². The topological polar surface area (TPSA) is 115 Å². The molecule has 1 fully saturated rings. The van der Waals surface area contributed by atoms with Crippen LogP contribution in [0.3, 0.4) is 0 Å². The van der Waals surface area contributed by atoms with Crippen molar-refractivity contribution in [3.63, 3.8) is 0 Å². The highest BCUT2D eigenvalue weighted by Crippen LogP contribution is 2.26. The van der Waals surface area contributed by atoms with Crippen LogP contribution >= 0.6 is 0 Å².